The lowest BCUT2D eigenvalue weighted by atomic mass is 10.0. The Kier molecular flexibility index (Phi) is 4.87. The lowest BCUT2D eigenvalue weighted by Crippen LogP contribution is -2.31. The van der Waals surface area contributed by atoms with E-state index in [1.165, 1.54) is 68.1 Å². The van der Waals surface area contributed by atoms with Gasteiger partial charge in [0.1, 0.15) is 0 Å². The Bertz CT molecular complexity index is 639. The number of rotatable bonds is 6. The van der Waals surface area contributed by atoms with E-state index >= 15 is 0 Å². The minimum atomic E-state index is 1.14. The maximum absolute atomic E-state index is 2.66. The van der Waals surface area contributed by atoms with Crippen LogP contribution in [0.2, 0.25) is 0 Å². The van der Waals surface area contributed by atoms with Crippen molar-refractivity contribution in [3.63, 3.8) is 0 Å². The molecule has 1 aliphatic heterocycles. The SMILES string of the molecule is CCCCCCCN1CCc2c(c3cc(C)ccc3n2C)C1. The second-order valence-corrected chi connectivity index (χ2v) is 6.95. The number of fused-ring (bicyclic) bond motifs is 3. The van der Waals surface area contributed by atoms with Crippen molar-refractivity contribution in [2.24, 2.45) is 7.05 Å². The van der Waals surface area contributed by atoms with Gasteiger partial charge < -0.3 is 4.57 Å². The van der Waals surface area contributed by atoms with Crippen LogP contribution in [0.4, 0.5) is 0 Å². The number of nitrogens with zero attached hydrogens (tertiary/aromatic N) is 2. The highest BCUT2D eigenvalue weighted by Gasteiger charge is 2.22. The van der Waals surface area contributed by atoms with Gasteiger partial charge in [0, 0.05) is 43.2 Å². The van der Waals surface area contributed by atoms with E-state index in [4.69, 9.17) is 0 Å². The molecule has 0 bridgehead atoms. The molecule has 0 spiro atoms. The van der Waals surface area contributed by atoms with Crippen LogP contribution in [0.5, 0.6) is 0 Å². The summed E-state index contributed by atoms with van der Waals surface area (Å²) in [6.45, 7) is 8.13. The fraction of sp³-hybridized carbons (Fsp3) is 0.600. The van der Waals surface area contributed by atoms with E-state index in [2.05, 4.69) is 48.6 Å². The van der Waals surface area contributed by atoms with Gasteiger partial charge in [-0.3, -0.25) is 4.90 Å². The number of hydrogen-bond acceptors (Lipinski definition) is 1. The van der Waals surface area contributed by atoms with Crippen molar-refractivity contribution < 1.29 is 0 Å². The van der Waals surface area contributed by atoms with Gasteiger partial charge in [-0.1, -0.05) is 44.2 Å². The Morgan fingerprint density at radius 3 is 2.73 bits per heavy atom. The molecular weight excluding hydrogens is 268 g/mol. The molecule has 2 heterocycles. The molecule has 0 atom stereocenters. The van der Waals surface area contributed by atoms with Crippen LogP contribution >= 0.6 is 0 Å². The van der Waals surface area contributed by atoms with Gasteiger partial charge in [-0.25, -0.2) is 0 Å². The van der Waals surface area contributed by atoms with Crippen molar-refractivity contribution in [3.05, 3.63) is 35.0 Å². The van der Waals surface area contributed by atoms with Crippen LogP contribution in [0.1, 0.15) is 55.8 Å². The fourth-order valence-electron chi connectivity index (χ4n) is 3.88. The van der Waals surface area contributed by atoms with E-state index in [0.717, 1.165) is 6.54 Å². The average Bonchev–Trinajstić information content (AvgIpc) is 2.79. The monoisotopic (exact) mass is 298 g/mol. The average molecular weight is 298 g/mol. The van der Waals surface area contributed by atoms with Crippen molar-refractivity contribution in [2.45, 2.75) is 58.9 Å². The van der Waals surface area contributed by atoms with Gasteiger partial charge in [-0.15, -0.1) is 0 Å². The van der Waals surface area contributed by atoms with Crippen LogP contribution in [0.25, 0.3) is 10.9 Å². The van der Waals surface area contributed by atoms with Crippen molar-refractivity contribution in [1.29, 1.82) is 0 Å². The van der Waals surface area contributed by atoms with Crippen molar-refractivity contribution >= 4 is 10.9 Å². The summed E-state index contributed by atoms with van der Waals surface area (Å²) in [6.07, 6.45) is 8.09. The fourth-order valence-corrected chi connectivity index (χ4v) is 3.88. The normalized spacial score (nSPS) is 15.4. The zero-order chi connectivity index (χ0) is 15.5. The van der Waals surface area contributed by atoms with Crippen LogP contribution < -0.4 is 0 Å². The third-order valence-electron chi connectivity index (χ3n) is 5.22. The van der Waals surface area contributed by atoms with Crippen LogP contribution in [0.3, 0.4) is 0 Å². The summed E-state index contributed by atoms with van der Waals surface area (Å²) in [5, 5.41) is 1.48. The standard InChI is InChI=1S/C20H30N2/c1-4-5-6-7-8-12-22-13-11-20-18(15-22)17-14-16(2)9-10-19(17)21(20)3/h9-10,14H,4-8,11-13,15H2,1-3H3. The van der Waals surface area contributed by atoms with Crippen molar-refractivity contribution in [3.8, 4) is 0 Å². The van der Waals surface area contributed by atoms with Gasteiger partial charge in [0.15, 0.2) is 0 Å². The second-order valence-electron chi connectivity index (χ2n) is 6.95. The third kappa shape index (κ3) is 3.08. The molecule has 0 saturated carbocycles. The molecule has 0 N–H and O–H groups in total. The molecule has 1 aromatic carbocycles. The largest absolute Gasteiger partial charge is 0.347 e. The predicted molar refractivity (Wildman–Crippen MR) is 95.4 cm³/mol. The summed E-state index contributed by atoms with van der Waals surface area (Å²) < 4.78 is 2.42. The van der Waals surface area contributed by atoms with Gasteiger partial charge >= 0.3 is 0 Å². The van der Waals surface area contributed by atoms with Gasteiger partial charge in [0.2, 0.25) is 0 Å². The molecule has 0 radical (unpaired) electrons. The summed E-state index contributed by atoms with van der Waals surface area (Å²) in [6, 6.07) is 6.90. The summed E-state index contributed by atoms with van der Waals surface area (Å²) in [4.78, 5) is 2.66. The number of unbranched alkanes of at least 4 members (excludes halogenated alkanes) is 4. The summed E-state index contributed by atoms with van der Waals surface area (Å²) in [7, 11) is 2.23. The maximum Gasteiger partial charge on any atom is 0.0483 e. The van der Waals surface area contributed by atoms with Gasteiger partial charge in [0.05, 0.1) is 0 Å². The molecule has 1 aromatic heterocycles. The van der Waals surface area contributed by atoms with Gasteiger partial charge in [-0.05, 0) is 37.6 Å². The Hall–Kier alpha value is -1.28. The summed E-state index contributed by atoms with van der Waals surface area (Å²) in [5.74, 6) is 0. The molecule has 0 amide bonds. The Labute approximate surface area is 135 Å². The lowest BCUT2D eigenvalue weighted by molar-refractivity contribution is 0.246. The topological polar surface area (TPSA) is 8.17 Å². The van der Waals surface area contributed by atoms with E-state index in [9.17, 15) is 0 Å². The Morgan fingerprint density at radius 1 is 1.09 bits per heavy atom. The van der Waals surface area contributed by atoms with Crippen molar-refractivity contribution in [2.75, 3.05) is 13.1 Å². The predicted octanol–water partition coefficient (Wildman–Crippen LogP) is 4.82. The van der Waals surface area contributed by atoms with Crippen LogP contribution in [0.15, 0.2) is 18.2 Å². The zero-order valence-corrected chi connectivity index (χ0v) is 14.5. The Morgan fingerprint density at radius 2 is 1.91 bits per heavy atom. The first-order valence-corrected chi connectivity index (χ1v) is 9.00. The first-order valence-electron chi connectivity index (χ1n) is 9.00. The first-order chi connectivity index (χ1) is 10.7. The highest BCUT2D eigenvalue weighted by Crippen LogP contribution is 2.30. The van der Waals surface area contributed by atoms with Crippen LogP contribution in [0, 0.1) is 6.92 Å². The summed E-state index contributed by atoms with van der Waals surface area (Å²) >= 11 is 0. The number of hydrogen-bond donors (Lipinski definition) is 0. The lowest BCUT2D eigenvalue weighted by Gasteiger charge is -2.27. The smallest absolute Gasteiger partial charge is 0.0483 e. The number of benzene rings is 1. The van der Waals surface area contributed by atoms with Gasteiger partial charge in [-0.2, -0.15) is 0 Å². The maximum atomic E-state index is 2.66. The molecule has 2 nitrogen and oxygen atoms in total. The first kappa shape index (κ1) is 15.6. The minimum Gasteiger partial charge on any atom is -0.347 e. The molecular formula is C20H30N2. The van der Waals surface area contributed by atoms with Crippen LogP contribution in [-0.4, -0.2) is 22.6 Å². The zero-order valence-electron chi connectivity index (χ0n) is 14.5. The quantitative estimate of drug-likeness (QED) is 0.694. The molecule has 3 rings (SSSR count). The molecule has 2 heteroatoms. The number of aromatic nitrogens is 1. The Balaban J connectivity index is 1.71. The van der Waals surface area contributed by atoms with E-state index in [1.807, 2.05) is 0 Å². The molecule has 22 heavy (non-hydrogen) atoms. The molecule has 120 valence electrons. The van der Waals surface area contributed by atoms with Crippen LogP contribution in [-0.2, 0) is 20.0 Å². The highest BCUT2D eigenvalue weighted by atomic mass is 15.1. The number of aryl methyl sites for hydroxylation is 2. The summed E-state index contributed by atoms with van der Waals surface area (Å²) in [5.41, 5.74) is 5.92. The van der Waals surface area contributed by atoms with E-state index in [0.29, 0.717) is 0 Å². The molecule has 0 fully saturated rings. The molecule has 2 aromatic rings. The highest BCUT2D eigenvalue weighted by molar-refractivity contribution is 5.86. The minimum absolute atomic E-state index is 1.14. The van der Waals surface area contributed by atoms with Gasteiger partial charge in [0.25, 0.3) is 0 Å². The van der Waals surface area contributed by atoms with Crippen molar-refractivity contribution in [1.82, 2.24) is 9.47 Å². The van der Waals surface area contributed by atoms with E-state index < -0.39 is 0 Å². The molecule has 0 saturated heterocycles. The van der Waals surface area contributed by atoms with E-state index in [1.54, 1.807) is 11.3 Å². The second kappa shape index (κ2) is 6.87. The molecule has 0 aliphatic carbocycles. The van der Waals surface area contributed by atoms with E-state index in [-0.39, 0.29) is 0 Å². The molecule has 1 aliphatic rings. The third-order valence-corrected chi connectivity index (χ3v) is 5.22. The molecule has 0 unspecified atom stereocenters.